The molecule has 0 radical (unpaired) electrons. The Balaban J connectivity index is 1.31. The van der Waals surface area contributed by atoms with Crippen molar-refractivity contribution in [1.82, 2.24) is 0 Å². The molecule has 0 aliphatic carbocycles. The highest BCUT2D eigenvalue weighted by Gasteiger charge is 2.25. The summed E-state index contributed by atoms with van der Waals surface area (Å²) in [6.07, 6.45) is 7.72. The SMILES string of the molecule is O=C1C=CC(=O)N1c1ccc(CCCc2ccc(N3C(=O)C=CC3=O)cc2)cc1. The first kappa shape index (κ1) is 18.6. The molecule has 2 aromatic carbocycles. The number of benzene rings is 2. The molecule has 0 atom stereocenters. The summed E-state index contributed by atoms with van der Waals surface area (Å²) in [4.78, 5) is 49.2. The van der Waals surface area contributed by atoms with Crippen molar-refractivity contribution < 1.29 is 19.2 Å². The van der Waals surface area contributed by atoms with E-state index in [-0.39, 0.29) is 23.6 Å². The van der Waals surface area contributed by atoms with Gasteiger partial charge in [0.15, 0.2) is 0 Å². The summed E-state index contributed by atoms with van der Waals surface area (Å²) < 4.78 is 0. The molecular weight excluding hydrogens is 368 g/mol. The number of amides is 4. The van der Waals surface area contributed by atoms with Gasteiger partial charge < -0.3 is 0 Å². The molecule has 6 heteroatoms. The third-order valence-corrected chi connectivity index (χ3v) is 4.94. The van der Waals surface area contributed by atoms with Crippen LogP contribution in [0, 0.1) is 0 Å². The van der Waals surface area contributed by atoms with Crippen LogP contribution in [-0.4, -0.2) is 23.6 Å². The number of carbonyl (C=O) groups is 4. The van der Waals surface area contributed by atoms with E-state index in [1.807, 2.05) is 24.3 Å². The van der Waals surface area contributed by atoms with Crippen LogP contribution in [0.1, 0.15) is 17.5 Å². The number of hydrogen-bond donors (Lipinski definition) is 0. The average molecular weight is 386 g/mol. The third kappa shape index (κ3) is 3.78. The number of aryl methyl sites for hydroxylation is 2. The Bertz CT molecular complexity index is 928. The Morgan fingerprint density at radius 2 is 0.793 bits per heavy atom. The summed E-state index contributed by atoms with van der Waals surface area (Å²) in [5, 5.41) is 0. The van der Waals surface area contributed by atoms with E-state index >= 15 is 0 Å². The lowest BCUT2D eigenvalue weighted by Gasteiger charge is -2.14. The zero-order chi connectivity index (χ0) is 20.4. The van der Waals surface area contributed by atoms with Crippen molar-refractivity contribution in [2.24, 2.45) is 0 Å². The maximum absolute atomic E-state index is 11.7. The number of rotatable bonds is 6. The van der Waals surface area contributed by atoms with Crippen LogP contribution in [0.2, 0.25) is 0 Å². The Morgan fingerprint density at radius 3 is 1.10 bits per heavy atom. The standard InChI is InChI=1S/C23H18N2O4/c26-20-12-13-21(27)24(20)18-8-4-16(5-9-18)2-1-3-17-6-10-19(11-7-17)25-22(28)14-15-23(25)29/h4-15H,1-3H2. The maximum atomic E-state index is 11.7. The molecule has 4 rings (SSSR count). The van der Waals surface area contributed by atoms with Gasteiger partial charge in [-0.25, -0.2) is 9.80 Å². The number of anilines is 2. The zero-order valence-electron chi connectivity index (χ0n) is 15.6. The van der Waals surface area contributed by atoms with Crippen molar-refractivity contribution in [3.05, 3.63) is 84.0 Å². The fourth-order valence-corrected chi connectivity index (χ4v) is 3.43. The first-order valence-corrected chi connectivity index (χ1v) is 9.33. The second-order valence-electron chi connectivity index (χ2n) is 6.88. The summed E-state index contributed by atoms with van der Waals surface area (Å²) in [5.41, 5.74) is 3.39. The van der Waals surface area contributed by atoms with Gasteiger partial charge in [0.05, 0.1) is 11.4 Å². The molecule has 0 saturated heterocycles. The number of nitrogens with zero attached hydrogens (tertiary/aromatic N) is 2. The van der Waals surface area contributed by atoms with Gasteiger partial charge in [-0.15, -0.1) is 0 Å². The molecule has 0 N–H and O–H groups in total. The molecule has 2 heterocycles. The van der Waals surface area contributed by atoms with Gasteiger partial charge in [-0.05, 0) is 54.7 Å². The van der Waals surface area contributed by atoms with Crippen LogP contribution in [-0.2, 0) is 32.0 Å². The van der Waals surface area contributed by atoms with Crippen LogP contribution in [0.4, 0.5) is 11.4 Å². The molecule has 4 amide bonds. The highest BCUT2D eigenvalue weighted by Crippen LogP contribution is 2.22. The summed E-state index contributed by atoms with van der Waals surface area (Å²) in [6.45, 7) is 0. The Morgan fingerprint density at radius 1 is 0.483 bits per heavy atom. The first-order chi connectivity index (χ1) is 14.0. The topological polar surface area (TPSA) is 74.8 Å². The molecule has 2 aliphatic heterocycles. The summed E-state index contributed by atoms with van der Waals surface area (Å²) >= 11 is 0. The van der Waals surface area contributed by atoms with Gasteiger partial charge in [0.25, 0.3) is 23.6 Å². The van der Waals surface area contributed by atoms with Crippen molar-refractivity contribution in [3.63, 3.8) is 0 Å². The van der Waals surface area contributed by atoms with Gasteiger partial charge in [0.2, 0.25) is 0 Å². The largest absolute Gasteiger partial charge is 0.269 e. The second kappa shape index (κ2) is 7.67. The van der Waals surface area contributed by atoms with Crippen LogP contribution in [0.25, 0.3) is 0 Å². The van der Waals surface area contributed by atoms with E-state index < -0.39 is 0 Å². The fraction of sp³-hybridized carbons (Fsp3) is 0.130. The van der Waals surface area contributed by atoms with E-state index in [1.165, 1.54) is 24.3 Å². The smallest absolute Gasteiger partial charge is 0.258 e. The molecule has 0 unspecified atom stereocenters. The lowest BCUT2D eigenvalue weighted by Crippen LogP contribution is -2.29. The number of hydrogen-bond acceptors (Lipinski definition) is 4. The molecule has 0 aromatic heterocycles. The molecule has 6 nitrogen and oxygen atoms in total. The Labute approximate surface area is 167 Å². The van der Waals surface area contributed by atoms with Crippen molar-refractivity contribution >= 4 is 35.0 Å². The van der Waals surface area contributed by atoms with Gasteiger partial charge in [-0.2, -0.15) is 0 Å². The van der Waals surface area contributed by atoms with Crippen LogP contribution >= 0.6 is 0 Å². The Kier molecular flexibility index (Phi) is 4.91. The lowest BCUT2D eigenvalue weighted by molar-refractivity contribution is -0.121. The normalized spacial score (nSPS) is 15.9. The summed E-state index contributed by atoms with van der Waals surface area (Å²) in [7, 11) is 0. The predicted molar refractivity (Wildman–Crippen MR) is 108 cm³/mol. The zero-order valence-corrected chi connectivity index (χ0v) is 15.6. The highest BCUT2D eigenvalue weighted by atomic mass is 16.2. The summed E-state index contributed by atoms with van der Waals surface area (Å²) in [6, 6.07) is 14.8. The molecule has 144 valence electrons. The number of imide groups is 2. The van der Waals surface area contributed by atoms with E-state index in [1.54, 1.807) is 24.3 Å². The molecule has 0 fully saturated rings. The van der Waals surface area contributed by atoms with Crippen molar-refractivity contribution in [2.75, 3.05) is 9.80 Å². The third-order valence-electron chi connectivity index (χ3n) is 4.94. The molecular formula is C23H18N2O4. The first-order valence-electron chi connectivity index (χ1n) is 9.33. The van der Waals surface area contributed by atoms with Gasteiger partial charge in [0, 0.05) is 24.3 Å². The van der Waals surface area contributed by atoms with E-state index in [9.17, 15) is 19.2 Å². The Hall–Kier alpha value is -3.80. The quantitative estimate of drug-likeness (QED) is 0.716. The molecule has 2 aromatic rings. The highest BCUT2D eigenvalue weighted by molar-refractivity contribution is 6.28. The van der Waals surface area contributed by atoms with Crippen LogP contribution in [0.5, 0.6) is 0 Å². The molecule has 0 saturated carbocycles. The van der Waals surface area contributed by atoms with Gasteiger partial charge in [-0.3, -0.25) is 19.2 Å². The van der Waals surface area contributed by atoms with Gasteiger partial charge in [-0.1, -0.05) is 24.3 Å². The monoisotopic (exact) mass is 386 g/mol. The van der Waals surface area contributed by atoms with Crippen LogP contribution in [0.15, 0.2) is 72.8 Å². The van der Waals surface area contributed by atoms with E-state index in [4.69, 9.17) is 0 Å². The minimum absolute atomic E-state index is 0.320. The van der Waals surface area contributed by atoms with E-state index in [0.717, 1.165) is 40.2 Å². The van der Waals surface area contributed by atoms with Crippen molar-refractivity contribution in [3.8, 4) is 0 Å². The molecule has 0 spiro atoms. The molecule has 2 aliphatic rings. The minimum atomic E-state index is -0.320. The minimum Gasteiger partial charge on any atom is -0.269 e. The van der Waals surface area contributed by atoms with Crippen molar-refractivity contribution in [2.45, 2.75) is 19.3 Å². The van der Waals surface area contributed by atoms with Gasteiger partial charge >= 0.3 is 0 Å². The lowest BCUT2D eigenvalue weighted by atomic mass is 10.0. The van der Waals surface area contributed by atoms with E-state index in [0.29, 0.717) is 11.4 Å². The van der Waals surface area contributed by atoms with Crippen molar-refractivity contribution in [1.29, 1.82) is 0 Å². The average Bonchev–Trinajstić information content (AvgIpc) is 3.24. The van der Waals surface area contributed by atoms with E-state index in [2.05, 4.69) is 0 Å². The van der Waals surface area contributed by atoms with Crippen LogP contribution in [0.3, 0.4) is 0 Å². The van der Waals surface area contributed by atoms with Gasteiger partial charge in [0.1, 0.15) is 0 Å². The predicted octanol–water partition coefficient (Wildman–Crippen LogP) is 2.72. The maximum Gasteiger partial charge on any atom is 0.258 e. The number of carbonyl (C=O) groups excluding carboxylic acids is 4. The summed E-state index contributed by atoms with van der Waals surface area (Å²) in [5.74, 6) is -1.28. The van der Waals surface area contributed by atoms with Crippen LogP contribution < -0.4 is 9.80 Å². The second-order valence-corrected chi connectivity index (χ2v) is 6.88. The molecule has 29 heavy (non-hydrogen) atoms. The fourth-order valence-electron chi connectivity index (χ4n) is 3.43. The molecule has 0 bridgehead atoms.